The van der Waals surface area contributed by atoms with Crippen molar-refractivity contribution < 1.29 is 0 Å². The van der Waals surface area contributed by atoms with E-state index in [1.54, 1.807) is 11.3 Å². The van der Waals surface area contributed by atoms with E-state index < -0.39 is 0 Å². The quantitative estimate of drug-likeness (QED) is 0.801. The van der Waals surface area contributed by atoms with Gasteiger partial charge in [-0.1, -0.05) is 20.3 Å². The Balaban J connectivity index is 2.91. The second-order valence-corrected chi connectivity index (χ2v) is 7.46. The lowest BCUT2D eigenvalue weighted by atomic mass is 10.0. The zero-order chi connectivity index (χ0) is 13.7. The average Bonchev–Trinajstić information content (AvgIpc) is 2.75. The molecule has 0 aliphatic heterocycles. The van der Waals surface area contributed by atoms with Gasteiger partial charge in [0.05, 0.1) is 9.83 Å². The van der Waals surface area contributed by atoms with Crippen molar-refractivity contribution in [2.75, 3.05) is 7.05 Å². The van der Waals surface area contributed by atoms with Crippen LogP contribution in [0.4, 0.5) is 0 Å². The molecule has 1 heterocycles. The van der Waals surface area contributed by atoms with Gasteiger partial charge in [-0.3, -0.25) is 4.90 Å². The van der Waals surface area contributed by atoms with Crippen LogP contribution in [0, 0.1) is 0 Å². The molecule has 0 aliphatic rings. The Morgan fingerprint density at radius 1 is 1.39 bits per heavy atom. The highest BCUT2D eigenvalue weighted by atomic mass is 79.9. The second kappa shape index (κ2) is 7.63. The maximum atomic E-state index is 6.34. The molecule has 2 nitrogen and oxygen atoms in total. The van der Waals surface area contributed by atoms with Gasteiger partial charge >= 0.3 is 0 Å². The lowest BCUT2D eigenvalue weighted by Crippen LogP contribution is -2.42. The third-order valence-corrected chi connectivity index (χ3v) is 5.30. The van der Waals surface area contributed by atoms with Gasteiger partial charge in [0.15, 0.2) is 0 Å². The molecule has 18 heavy (non-hydrogen) atoms. The minimum absolute atomic E-state index is 0.194. The summed E-state index contributed by atoms with van der Waals surface area (Å²) in [6.45, 7) is 6.70. The number of rotatable bonds is 7. The fourth-order valence-corrected chi connectivity index (χ4v) is 3.97. The Bertz CT molecular complexity index is 353. The highest BCUT2D eigenvalue weighted by molar-refractivity contribution is 9.11. The Kier molecular flexibility index (Phi) is 6.85. The van der Waals surface area contributed by atoms with Crippen molar-refractivity contribution in [1.29, 1.82) is 0 Å². The third-order valence-electron chi connectivity index (χ3n) is 3.60. The van der Waals surface area contributed by atoms with Crippen LogP contribution in [0.25, 0.3) is 0 Å². The molecule has 4 heteroatoms. The van der Waals surface area contributed by atoms with E-state index in [0.717, 1.165) is 6.42 Å². The lowest BCUT2D eigenvalue weighted by molar-refractivity contribution is 0.153. The average molecular weight is 333 g/mol. The van der Waals surface area contributed by atoms with Gasteiger partial charge in [0.1, 0.15) is 0 Å². The van der Waals surface area contributed by atoms with Crippen molar-refractivity contribution >= 4 is 27.3 Å². The summed E-state index contributed by atoms with van der Waals surface area (Å²) >= 11 is 5.35. The number of hydrogen-bond donors (Lipinski definition) is 1. The van der Waals surface area contributed by atoms with Gasteiger partial charge in [0.25, 0.3) is 0 Å². The highest BCUT2D eigenvalue weighted by Gasteiger charge is 2.27. The Labute approximate surface area is 124 Å². The number of nitrogens with two attached hydrogens (primary N) is 1. The van der Waals surface area contributed by atoms with Crippen molar-refractivity contribution in [3.63, 3.8) is 0 Å². The standard InChI is InChI=1S/C14H25BrN2S/c1-5-7-10(3)17(4)14(11(16)6-2)12-8-9-13(15)18-12/h8-11,14H,5-7,16H2,1-4H3. The van der Waals surface area contributed by atoms with Gasteiger partial charge in [-0.2, -0.15) is 0 Å². The summed E-state index contributed by atoms with van der Waals surface area (Å²) in [4.78, 5) is 3.80. The minimum Gasteiger partial charge on any atom is -0.326 e. The van der Waals surface area contributed by atoms with E-state index in [0.29, 0.717) is 12.1 Å². The maximum absolute atomic E-state index is 6.34. The first-order valence-electron chi connectivity index (χ1n) is 6.73. The van der Waals surface area contributed by atoms with Gasteiger partial charge in [-0.25, -0.2) is 0 Å². The first kappa shape index (κ1) is 16.2. The van der Waals surface area contributed by atoms with Gasteiger partial charge in [-0.15, -0.1) is 11.3 Å². The van der Waals surface area contributed by atoms with Crippen LogP contribution in [-0.2, 0) is 0 Å². The lowest BCUT2D eigenvalue weighted by Gasteiger charge is -2.36. The van der Waals surface area contributed by atoms with Gasteiger partial charge < -0.3 is 5.73 Å². The minimum atomic E-state index is 0.194. The topological polar surface area (TPSA) is 29.3 Å². The molecule has 3 unspecified atom stereocenters. The normalized spacial score (nSPS) is 16.8. The van der Waals surface area contributed by atoms with Crippen molar-refractivity contribution in [1.82, 2.24) is 4.90 Å². The number of nitrogens with zero attached hydrogens (tertiary/aromatic N) is 1. The zero-order valence-electron chi connectivity index (χ0n) is 11.8. The number of likely N-dealkylation sites (N-methyl/N-ethyl adjacent to an activating group) is 1. The molecule has 0 bridgehead atoms. The van der Waals surface area contributed by atoms with E-state index in [1.165, 1.54) is 21.5 Å². The predicted octanol–water partition coefficient (Wildman–Crippen LogP) is 4.41. The SMILES string of the molecule is CCCC(C)N(C)C(c1ccc(Br)s1)C(N)CC. The van der Waals surface area contributed by atoms with Crippen molar-refractivity contribution in [3.8, 4) is 0 Å². The van der Waals surface area contributed by atoms with Gasteiger partial charge in [-0.05, 0) is 54.9 Å². The van der Waals surface area contributed by atoms with Gasteiger partial charge in [0, 0.05) is 17.0 Å². The number of thiophene rings is 1. The maximum Gasteiger partial charge on any atom is 0.0702 e. The molecule has 104 valence electrons. The molecule has 1 aromatic rings. The van der Waals surface area contributed by atoms with Crippen molar-refractivity contribution in [2.24, 2.45) is 5.73 Å². The summed E-state index contributed by atoms with van der Waals surface area (Å²) in [6, 6.07) is 5.41. The van der Waals surface area contributed by atoms with Crippen LogP contribution in [0.1, 0.15) is 51.0 Å². The Morgan fingerprint density at radius 2 is 2.06 bits per heavy atom. The number of halogens is 1. The molecular weight excluding hydrogens is 308 g/mol. The van der Waals surface area contributed by atoms with Crippen LogP contribution in [0.5, 0.6) is 0 Å². The molecule has 0 radical (unpaired) electrons. The van der Waals surface area contributed by atoms with E-state index in [-0.39, 0.29) is 6.04 Å². The molecule has 1 rings (SSSR count). The zero-order valence-corrected chi connectivity index (χ0v) is 14.2. The molecule has 0 saturated carbocycles. The van der Waals surface area contributed by atoms with Crippen LogP contribution in [-0.4, -0.2) is 24.0 Å². The molecular formula is C14H25BrN2S. The molecule has 0 amide bonds. The summed E-state index contributed by atoms with van der Waals surface area (Å²) < 4.78 is 1.18. The molecule has 0 aromatic carbocycles. The fraction of sp³-hybridized carbons (Fsp3) is 0.714. The summed E-state index contributed by atoms with van der Waals surface area (Å²) in [7, 11) is 2.20. The summed E-state index contributed by atoms with van der Waals surface area (Å²) in [5.41, 5.74) is 6.34. The van der Waals surface area contributed by atoms with E-state index >= 15 is 0 Å². The van der Waals surface area contributed by atoms with E-state index in [4.69, 9.17) is 5.73 Å². The summed E-state index contributed by atoms with van der Waals surface area (Å²) in [6.07, 6.45) is 3.44. The van der Waals surface area contributed by atoms with Crippen LogP contribution in [0.2, 0.25) is 0 Å². The Hall–Kier alpha value is 0.1000. The van der Waals surface area contributed by atoms with Crippen LogP contribution >= 0.6 is 27.3 Å². The summed E-state index contributed by atoms with van der Waals surface area (Å²) in [5, 5.41) is 0. The molecule has 3 atom stereocenters. The second-order valence-electron chi connectivity index (χ2n) is 4.96. The smallest absolute Gasteiger partial charge is 0.0702 e. The highest BCUT2D eigenvalue weighted by Crippen LogP contribution is 2.34. The van der Waals surface area contributed by atoms with Crippen molar-refractivity contribution in [3.05, 3.63) is 20.8 Å². The Morgan fingerprint density at radius 3 is 2.50 bits per heavy atom. The largest absolute Gasteiger partial charge is 0.326 e. The molecule has 0 aliphatic carbocycles. The van der Waals surface area contributed by atoms with E-state index in [9.17, 15) is 0 Å². The molecule has 0 spiro atoms. The monoisotopic (exact) mass is 332 g/mol. The van der Waals surface area contributed by atoms with Crippen LogP contribution in [0.3, 0.4) is 0 Å². The molecule has 0 saturated heterocycles. The predicted molar refractivity (Wildman–Crippen MR) is 85.2 cm³/mol. The van der Waals surface area contributed by atoms with Crippen molar-refractivity contribution in [2.45, 2.75) is 58.2 Å². The van der Waals surface area contributed by atoms with Crippen LogP contribution < -0.4 is 5.73 Å². The first-order valence-corrected chi connectivity index (χ1v) is 8.34. The molecule has 0 fully saturated rings. The third kappa shape index (κ3) is 4.05. The van der Waals surface area contributed by atoms with E-state index in [2.05, 4.69) is 60.8 Å². The van der Waals surface area contributed by atoms with E-state index in [1.807, 2.05) is 0 Å². The first-order chi connectivity index (χ1) is 8.51. The van der Waals surface area contributed by atoms with Crippen LogP contribution in [0.15, 0.2) is 15.9 Å². The fourth-order valence-electron chi connectivity index (χ4n) is 2.32. The molecule has 1 aromatic heterocycles. The van der Waals surface area contributed by atoms with Gasteiger partial charge in [0.2, 0.25) is 0 Å². The number of hydrogen-bond acceptors (Lipinski definition) is 3. The molecule has 2 N–H and O–H groups in total. The summed E-state index contributed by atoms with van der Waals surface area (Å²) in [5.74, 6) is 0.